The zero-order valence-corrected chi connectivity index (χ0v) is 21.0. The van der Waals surface area contributed by atoms with E-state index in [9.17, 15) is 9.59 Å². The van der Waals surface area contributed by atoms with Gasteiger partial charge in [-0.2, -0.15) is 0 Å². The summed E-state index contributed by atoms with van der Waals surface area (Å²) in [5, 5.41) is 1.17. The number of likely N-dealkylation sites (tertiary alicyclic amines) is 1. The molecule has 4 rings (SSSR count). The minimum Gasteiger partial charge on any atom is -0.493 e. The van der Waals surface area contributed by atoms with Crippen LogP contribution in [0.1, 0.15) is 29.6 Å². The number of amides is 2. The van der Waals surface area contributed by atoms with Crippen LogP contribution in [0.2, 0.25) is 10.0 Å². The monoisotopic (exact) mass is 503 g/mol. The molecule has 182 valence electrons. The molecule has 2 aromatic carbocycles. The van der Waals surface area contributed by atoms with Crippen LogP contribution >= 0.6 is 23.2 Å². The van der Waals surface area contributed by atoms with Gasteiger partial charge in [0.05, 0.1) is 6.61 Å². The van der Waals surface area contributed by atoms with E-state index in [1.54, 1.807) is 36.4 Å². The van der Waals surface area contributed by atoms with Crippen molar-refractivity contribution in [3.8, 4) is 5.75 Å². The molecule has 1 atom stereocenters. The topological polar surface area (TPSA) is 53.1 Å². The van der Waals surface area contributed by atoms with Crippen molar-refractivity contribution < 1.29 is 14.3 Å². The summed E-state index contributed by atoms with van der Waals surface area (Å²) < 4.78 is 6.17. The molecule has 8 heteroatoms. The van der Waals surface area contributed by atoms with Crippen LogP contribution in [-0.2, 0) is 4.79 Å². The van der Waals surface area contributed by atoms with E-state index in [0.717, 1.165) is 39.0 Å². The number of hydrogen-bond acceptors (Lipinski definition) is 4. The first-order valence-corrected chi connectivity index (χ1v) is 12.5. The number of nitrogens with zero attached hydrogens (tertiary/aromatic N) is 3. The number of benzene rings is 2. The molecule has 2 saturated heterocycles. The summed E-state index contributed by atoms with van der Waals surface area (Å²) in [4.78, 5) is 32.6. The number of piperidine rings is 1. The Balaban J connectivity index is 1.52. The van der Waals surface area contributed by atoms with Gasteiger partial charge >= 0.3 is 0 Å². The summed E-state index contributed by atoms with van der Waals surface area (Å²) in [6, 6.07) is 14.3. The van der Waals surface area contributed by atoms with Crippen molar-refractivity contribution in [2.45, 2.75) is 19.3 Å². The number of piperazine rings is 1. The average Bonchev–Trinajstić information content (AvgIpc) is 2.84. The Hall–Kier alpha value is -2.28. The smallest absolute Gasteiger partial charge is 0.253 e. The molecule has 2 heterocycles. The molecule has 0 aromatic heterocycles. The van der Waals surface area contributed by atoms with Crippen molar-refractivity contribution in [1.82, 2.24) is 14.7 Å². The fraction of sp³-hybridized carbons (Fsp3) is 0.462. The molecule has 0 unspecified atom stereocenters. The third-order valence-electron chi connectivity index (χ3n) is 6.76. The molecular formula is C26H31Cl2N3O3. The van der Waals surface area contributed by atoms with Gasteiger partial charge in [0.15, 0.2) is 0 Å². The molecule has 6 nitrogen and oxygen atoms in total. The highest BCUT2D eigenvalue weighted by molar-refractivity contribution is 6.31. The number of carbonyl (C=O) groups excluding carboxylic acids is 2. The van der Waals surface area contributed by atoms with Gasteiger partial charge in [0.2, 0.25) is 5.91 Å². The van der Waals surface area contributed by atoms with Crippen molar-refractivity contribution in [2.75, 3.05) is 52.9 Å². The molecule has 2 fully saturated rings. The normalized spacial score (nSPS) is 21.4. The van der Waals surface area contributed by atoms with Gasteiger partial charge in [-0.25, -0.2) is 0 Å². The largest absolute Gasteiger partial charge is 0.493 e. The third kappa shape index (κ3) is 6.23. The lowest BCUT2D eigenvalue weighted by Crippen LogP contribution is -2.53. The lowest BCUT2D eigenvalue weighted by molar-refractivity contribution is -0.137. The minimum atomic E-state index is -0.466. The lowest BCUT2D eigenvalue weighted by Gasteiger charge is -2.43. The Morgan fingerprint density at radius 2 is 1.68 bits per heavy atom. The summed E-state index contributed by atoms with van der Waals surface area (Å²) in [6.07, 6.45) is 1.98. The van der Waals surface area contributed by atoms with Gasteiger partial charge in [0.25, 0.3) is 5.91 Å². The lowest BCUT2D eigenvalue weighted by atomic mass is 9.77. The first-order valence-electron chi connectivity index (χ1n) is 11.7. The summed E-state index contributed by atoms with van der Waals surface area (Å²) in [6.45, 7) is 4.68. The summed E-state index contributed by atoms with van der Waals surface area (Å²) in [5.41, 5.74) is 0.0966. The second kappa shape index (κ2) is 11.0. The third-order valence-corrected chi connectivity index (χ3v) is 7.25. The van der Waals surface area contributed by atoms with Crippen LogP contribution < -0.4 is 4.74 Å². The Morgan fingerprint density at radius 3 is 2.38 bits per heavy atom. The summed E-state index contributed by atoms with van der Waals surface area (Å²) >= 11 is 12.1. The van der Waals surface area contributed by atoms with Crippen LogP contribution in [0.3, 0.4) is 0 Å². The molecule has 0 saturated carbocycles. The predicted octanol–water partition coefficient (Wildman–Crippen LogP) is 4.46. The molecule has 0 radical (unpaired) electrons. The van der Waals surface area contributed by atoms with Crippen molar-refractivity contribution in [2.24, 2.45) is 5.41 Å². The van der Waals surface area contributed by atoms with Gasteiger partial charge in [-0.1, -0.05) is 29.3 Å². The van der Waals surface area contributed by atoms with Crippen LogP contribution in [-0.4, -0.2) is 79.4 Å². The van der Waals surface area contributed by atoms with Crippen molar-refractivity contribution in [3.05, 3.63) is 64.1 Å². The number of likely N-dealkylation sites (N-methyl/N-ethyl adjacent to an activating group) is 1. The molecule has 34 heavy (non-hydrogen) atoms. The second-order valence-corrected chi connectivity index (χ2v) is 10.3. The molecule has 0 bridgehead atoms. The van der Waals surface area contributed by atoms with E-state index in [4.69, 9.17) is 27.9 Å². The fourth-order valence-electron chi connectivity index (χ4n) is 4.75. The first-order chi connectivity index (χ1) is 16.3. The molecule has 2 amide bonds. The predicted molar refractivity (Wildman–Crippen MR) is 135 cm³/mol. The molecule has 0 spiro atoms. The van der Waals surface area contributed by atoms with Crippen LogP contribution in [0.4, 0.5) is 0 Å². The van der Waals surface area contributed by atoms with E-state index in [1.165, 1.54) is 0 Å². The highest BCUT2D eigenvalue weighted by atomic mass is 35.5. The van der Waals surface area contributed by atoms with E-state index in [-0.39, 0.29) is 11.8 Å². The zero-order valence-electron chi connectivity index (χ0n) is 19.5. The van der Waals surface area contributed by atoms with E-state index in [2.05, 4.69) is 11.9 Å². The number of hydrogen-bond donors (Lipinski definition) is 0. The van der Waals surface area contributed by atoms with Gasteiger partial charge in [0, 0.05) is 66.7 Å². The van der Waals surface area contributed by atoms with Crippen molar-refractivity contribution in [3.63, 3.8) is 0 Å². The van der Waals surface area contributed by atoms with Crippen molar-refractivity contribution >= 4 is 35.0 Å². The fourth-order valence-corrected chi connectivity index (χ4v) is 5.07. The maximum absolute atomic E-state index is 13.3. The van der Waals surface area contributed by atoms with E-state index in [0.29, 0.717) is 47.5 Å². The Bertz CT molecular complexity index is 1010. The second-order valence-electron chi connectivity index (χ2n) is 9.44. The van der Waals surface area contributed by atoms with Crippen molar-refractivity contribution in [1.29, 1.82) is 0 Å². The number of halogens is 2. The van der Waals surface area contributed by atoms with Crippen LogP contribution in [0.5, 0.6) is 5.75 Å². The summed E-state index contributed by atoms with van der Waals surface area (Å²) in [5.74, 6) is 0.768. The quantitative estimate of drug-likeness (QED) is 0.583. The van der Waals surface area contributed by atoms with Crippen LogP contribution in [0, 0.1) is 5.41 Å². The highest BCUT2D eigenvalue weighted by Gasteiger charge is 2.41. The maximum Gasteiger partial charge on any atom is 0.253 e. The Morgan fingerprint density at radius 1 is 0.941 bits per heavy atom. The summed E-state index contributed by atoms with van der Waals surface area (Å²) in [7, 11) is 2.07. The molecule has 2 aliphatic heterocycles. The molecular weight excluding hydrogens is 473 g/mol. The number of ether oxygens (including phenoxy) is 1. The highest BCUT2D eigenvalue weighted by Crippen LogP contribution is 2.36. The number of rotatable bonds is 6. The minimum absolute atomic E-state index is 0.0647. The van der Waals surface area contributed by atoms with Gasteiger partial charge in [-0.05, 0) is 62.4 Å². The van der Waals surface area contributed by atoms with E-state index in [1.807, 2.05) is 21.9 Å². The molecule has 2 aliphatic rings. The van der Waals surface area contributed by atoms with Crippen LogP contribution in [0.25, 0.3) is 0 Å². The maximum atomic E-state index is 13.3. The average molecular weight is 504 g/mol. The SMILES string of the molecule is CN1CCN(C(=O)C[C@@]2(COc3ccc(Cl)cc3)CCCN(C(=O)c3cccc(Cl)c3)C2)CC1. The van der Waals surface area contributed by atoms with E-state index < -0.39 is 5.41 Å². The Kier molecular flexibility index (Phi) is 8.02. The molecule has 2 aromatic rings. The zero-order chi connectivity index (χ0) is 24.1. The Labute approximate surface area is 211 Å². The van der Waals surface area contributed by atoms with Gasteiger partial charge in [-0.3, -0.25) is 9.59 Å². The number of carbonyl (C=O) groups is 2. The van der Waals surface area contributed by atoms with Gasteiger partial charge in [0.1, 0.15) is 5.75 Å². The first kappa shape index (κ1) is 24.8. The van der Waals surface area contributed by atoms with Crippen LogP contribution in [0.15, 0.2) is 48.5 Å². The van der Waals surface area contributed by atoms with Gasteiger partial charge < -0.3 is 19.4 Å². The standard InChI is InChI=1S/C26H31Cl2N3O3/c1-29-12-14-30(15-13-29)24(32)17-26(19-34-23-8-6-21(27)7-9-23)10-3-11-31(18-26)25(33)20-4-2-5-22(28)16-20/h2,4-9,16H,3,10-15,17-19H2,1H3/t26-/m0/s1. The van der Waals surface area contributed by atoms with Gasteiger partial charge in [-0.15, -0.1) is 0 Å². The molecule has 0 aliphatic carbocycles. The van der Waals surface area contributed by atoms with E-state index >= 15 is 0 Å². The molecule has 0 N–H and O–H groups in total.